The Morgan fingerprint density at radius 1 is 1.03 bits per heavy atom. The minimum Gasteiger partial charge on any atom is -0.425 e. The third-order valence-electron chi connectivity index (χ3n) is 10.6. The molecule has 3 atom stereocenters. The number of hydrogen-bond acceptors (Lipinski definition) is 10. The number of aliphatic hydroxyl groups is 1. The first-order valence-electron chi connectivity index (χ1n) is 18.3. The summed E-state index contributed by atoms with van der Waals surface area (Å²) in [6.07, 6.45) is -1.75. The van der Waals surface area contributed by atoms with E-state index in [4.69, 9.17) is 14.2 Å². The van der Waals surface area contributed by atoms with Crippen molar-refractivity contribution in [2.24, 2.45) is 0 Å². The van der Waals surface area contributed by atoms with Crippen LogP contribution in [0.4, 0.5) is 39.4 Å². The van der Waals surface area contributed by atoms with Gasteiger partial charge >= 0.3 is 18.2 Å². The number of carbonyl (C=O) groups excluding carboxylic acids is 3. The second-order valence-electron chi connectivity index (χ2n) is 14.2. The Kier molecular flexibility index (Phi) is 10.2. The van der Waals surface area contributed by atoms with E-state index in [0.29, 0.717) is 40.9 Å². The van der Waals surface area contributed by atoms with Crippen LogP contribution in [0.2, 0.25) is 0 Å². The number of halogens is 4. The number of carbonyl (C=O) groups is 3. The van der Waals surface area contributed by atoms with Crippen molar-refractivity contribution < 1.29 is 51.3 Å². The van der Waals surface area contributed by atoms with Gasteiger partial charge in [-0.3, -0.25) is 24.6 Å². The standard InChI is InChI=1S/C41H36F4N6O7/c1-22-14-26(50-12-13-56-21-34(50)41(43,44)45)17-30(42)35(22)37(52)48-31(39(54)58-27-7-5-24-19-57-20-25(24)15-27)16-23-6-8-32(36-28(23)4-3-10-47-36)51-38(53)29-9-11-46-18-33(29)49(2)40(51)55/h3-11,14-15,17-18,31,34,38,53H,12-13,16,19-21H2,1-2H3,(H,48,52)/t31?,34-,38?/m1/s1. The van der Waals surface area contributed by atoms with Gasteiger partial charge in [0.2, 0.25) is 0 Å². The quantitative estimate of drug-likeness (QED) is 0.111. The number of pyridine rings is 2. The first-order valence-corrected chi connectivity index (χ1v) is 18.3. The van der Waals surface area contributed by atoms with Gasteiger partial charge in [-0.25, -0.2) is 14.0 Å². The number of benzene rings is 3. The highest BCUT2D eigenvalue weighted by molar-refractivity contribution is 6.10. The Morgan fingerprint density at radius 3 is 2.64 bits per heavy atom. The molecule has 2 aromatic heterocycles. The lowest BCUT2D eigenvalue weighted by molar-refractivity contribution is -0.167. The Balaban J connectivity index is 1.13. The Morgan fingerprint density at radius 2 is 1.84 bits per heavy atom. The van der Waals surface area contributed by atoms with Crippen LogP contribution in [0.5, 0.6) is 5.75 Å². The topological polar surface area (TPSA) is 147 Å². The van der Waals surface area contributed by atoms with E-state index in [0.717, 1.165) is 22.1 Å². The maximum Gasteiger partial charge on any atom is 0.411 e. The molecule has 2 unspecified atom stereocenters. The molecular formula is C41H36F4N6O7. The van der Waals surface area contributed by atoms with Crippen LogP contribution in [-0.2, 0) is 33.9 Å². The van der Waals surface area contributed by atoms with Gasteiger partial charge in [-0.1, -0.05) is 18.2 Å². The van der Waals surface area contributed by atoms with E-state index in [2.05, 4.69) is 15.3 Å². The van der Waals surface area contributed by atoms with E-state index in [9.17, 15) is 32.7 Å². The molecule has 58 heavy (non-hydrogen) atoms. The fourth-order valence-electron chi connectivity index (χ4n) is 7.63. The van der Waals surface area contributed by atoms with E-state index in [-0.39, 0.29) is 42.3 Å². The largest absolute Gasteiger partial charge is 0.425 e. The second kappa shape index (κ2) is 15.3. The lowest BCUT2D eigenvalue weighted by atomic mass is 9.98. The summed E-state index contributed by atoms with van der Waals surface area (Å²) in [6, 6.07) is 11.3. The molecule has 13 nitrogen and oxygen atoms in total. The molecule has 5 aromatic rings. The molecule has 3 aromatic carbocycles. The summed E-state index contributed by atoms with van der Waals surface area (Å²) in [5.41, 5.74) is 3.17. The molecule has 3 amide bonds. The normalized spacial score (nSPS) is 18.5. The molecule has 0 saturated carbocycles. The lowest BCUT2D eigenvalue weighted by Crippen LogP contribution is -2.53. The molecule has 17 heteroatoms. The summed E-state index contributed by atoms with van der Waals surface area (Å²) < 4.78 is 73.8. The SMILES string of the molecule is Cc1cc(N2CCOC[C@@H]2C(F)(F)F)cc(F)c1C(=O)NC(Cc1ccc(N2C(=O)N(C)c3cnccc3C2O)c2ncccc12)C(=O)Oc1ccc2c(c1)COC2. The number of esters is 1. The van der Waals surface area contributed by atoms with Crippen LogP contribution in [0.25, 0.3) is 10.9 Å². The molecule has 2 N–H and O–H groups in total. The number of ether oxygens (including phenoxy) is 3. The number of hydrogen-bond donors (Lipinski definition) is 2. The number of alkyl halides is 3. The molecule has 0 aliphatic carbocycles. The predicted octanol–water partition coefficient (Wildman–Crippen LogP) is 5.89. The van der Waals surface area contributed by atoms with E-state index >= 15 is 4.39 Å². The smallest absolute Gasteiger partial charge is 0.411 e. The minimum atomic E-state index is -4.65. The van der Waals surface area contributed by atoms with Crippen LogP contribution >= 0.6 is 0 Å². The monoisotopic (exact) mass is 800 g/mol. The van der Waals surface area contributed by atoms with Crippen LogP contribution in [0.15, 0.2) is 79.3 Å². The van der Waals surface area contributed by atoms with Crippen LogP contribution in [0.3, 0.4) is 0 Å². The molecule has 8 rings (SSSR count). The number of morpholine rings is 1. The summed E-state index contributed by atoms with van der Waals surface area (Å²) in [5, 5.41) is 14.5. The Bertz CT molecular complexity index is 2430. The zero-order valence-electron chi connectivity index (χ0n) is 31.1. The maximum atomic E-state index is 15.9. The molecule has 1 saturated heterocycles. The van der Waals surface area contributed by atoms with E-state index < -0.39 is 60.4 Å². The van der Waals surface area contributed by atoms with Gasteiger partial charge in [0, 0.05) is 49.0 Å². The molecular weight excluding hydrogens is 764 g/mol. The maximum absolute atomic E-state index is 15.9. The number of nitrogens with zero attached hydrogens (tertiary/aromatic N) is 5. The lowest BCUT2D eigenvalue weighted by Gasteiger charge is -2.38. The summed E-state index contributed by atoms with van der Waals surface area (Å²) >= 11 is 0. The molecule has 0 bridgehead atoms. The Labute approximate surface area is 328 Å². The van der Waals surface area contributed by atoms with Gasteiger partial charge in [0.05, 0.1) is 55.1 Å². The molecule has 3 aliphatic heterocycles. The fourth-order valence-corrected chi connectivity index (χ4v) is 7.63. The zero-order valence-corrected chi connectivity index (χ0v) is 31.1. The molecule has 1 fully saturated rings. The van der Waals surface area contributed by atoms with Gasteiger partial charge in [-0.2, -0.15) is 13.2 Å². The molecule has 300 valence electrons. The number of anilines is 3. The third kappa shape index (κ3) is 7.16. The van der Waals surface area contributed by atoms with Gasteiger partial charge in [-0.15, -0.1) is 0 Å². The van der Waals surface area contributed by atoms with Crippen LogP contribution in [-0.4, -0.2) is 78.0 Å². The van der Waals surface area contributed by atoms with Crippen LogP contribution in [0.1, 0.15) is 44.4 Å². The summed E-state index contributed by atoms with van der Waals surface area (Å²) in [4.78, 5) is 53.8. The van der Waals surface area contributed by atoms with Gasteiger partial charge < -0.3 is 29.5 Å². The number of nitrogens with one attached hydrogen (secondary N) is 1. The van der Waals surface area contributed by atoms with Crippen LogP contribution in [0, 0.1) is 12.7 Å². The number of aryl methyl sites for hydroxylation is 1. The van der Waals surface area contributed by atoms with Crippen molar-refractivity contribution in [3.05, 3.63) is 118 Å². The number of fused-ring (bicyclic) bond motifs is 3. The Hall–Kier alpha value is -6.17. The molecule has 0 spiro atoms. The van der Waals surface area contributed by atoms with E-state index in [1.165, 1.54) is 41.4 Å². The number of aliphatic hydroxyl groups excluding tert-OH is 1. The van der Waals surface area contributed by atoms with Crippen molar-refractivity contribution in [1.82, 2.24) is 15.3 Å². The number of amides is 3. The van der Waals surface area contributed by atoms with Crippen molar-refractivity contribution >= 4 is 45.9 Å². The summed E-state index contributed by atoms with van der Waals surface area (Å²) in [6.45, 7) is 1.35. The van der Waals surface area contributed by atoms with Crippen molar-refractivity contribution in [3.63, 3.8) is 0 Å². The highest BCUT2D eigenvalue weighted by Crippen LogP contribution is 2.40. The van der Waals surface area contributed by atoms with Gasteiger partial charge in [0.1, 0.15) is 23.7 Å². The van der Waals surface area contributed by atoms with Crippen LogP contribution < -0.4 is 24.8 Å². The van der Waals surface area contributed by atoms with Crippen molar-refractivity contribution in [2.45, 2.75) is 51.0 Å². The highest BCUT2D eigenvalue weighted by atomic mass is 19.4. The average Bonchev–Trinajstić information content (AvgIpc) is 3.68. The van der Waals surface area contributed by atoms with E-state index in [1.807, 2.05) is 0 Å². The highest BCUT2D eigenvalue weighted by Gasteiger charge is 2.46. The summed E-state index contributed by atoms with van der Waals surface area (Å²) in [5.74, 6) is -2.80. The average molecular weight is 801 g/mol. The number of urea groups is 1. The minimum absolute atomic E-state index is 0.000653. The first kappa shape index (κ1) is 38.7. The third-order valence-corrected chi connectivity index (χ3v) is 10.6. The zero-order chi connectivity index (χ0) is 40.9. The molecule has 3 aliphatic rings. The number of aromatic nitrogens is 2. The first-order chi connectivity index (χ1) is 27.8. The summed E-state index contributed by atoms with van der Waals surface area (Å²) in [7, 11) is 1.55. The predicted molar refractivity (Wildman–Crippen MR) is 202 cm³/mol. The molecule has 5 heterocycles. The van der Waals surface area contributed by atoms with Gasteiger partial charge in [0.15, 0.2) is 6.23 Å². The van der Waals surface area contributed by atoms with Gasteiger partial charge in [-0.05, 0) is 71.6 Å². The second-order valence-corrected chi connectivity index (χ2v) is 14.2. The number of rotatable bonds is 8. The van der Waals surface area contributed by atoms with Crippen molar-refractivity contribution in [2.75, 3.05) is 41.5 Å². The van der Waals surface area contributed by atoms with E-state index in [1.54, 1.807) is 55.6 Å². The van der Waals surface area contributed by atoms with Gasteiger partial charge in [0.25, 0.3) is 5.91 Å². The van der Waals surface area contributed by atoms with Crippen molar-refractivity contribution in [3.8, 4) is 5.75 Å². The van der Waals surface area contributed by atoms with Crippen molar-refractivity contribution in [1.29, 1.82) is 0 Å². The fraction of sp³-hybridized carbons (Fsp3) is 0.293. The molecule has 0 radical (unpaired) electrons.